The van der Waals surface area contributed by atoms with Crippen LogP contribution in [0.3, 0.4) is 0 Å². The first-order chi connectivity index (χ1) is 11.0. The highest BCUT2D eigenvalue weighted by molar-refractivity contribution is 6.00. The fourth-order valence-electron chi connectivity index (χ4n) is 2.51. The van der Waals surface area contributed by atoms with Gasteiger partial charge in [-0.1, -0.05) is 45.2 Å². The lowest BCUT2D eigenvalue weighted by Crippen LogP contribution is -2.51. The molecule has 2 aliphatic rings. The van der Waals surface area contributed by atoms with Crippen molar-refractivity contribution in [2.75, 3.05) is 6.54 Å². The van der Waals surface area contributed by atoms with E-state index >= 15 is 0 Å². The summed E-state index contributed by atoms with van der Waals surface area (Å²) in [4.78, 5) is 24.9. The zero-order valence-electron chi connectivity index (χ0n) is 14.9. The molecule has 2 rings (SSSR count). The Labute approximate surface area is 140 Å². The van der Waals surface area contributed by atoms with Crippen LogP contribution in [-0.2, 0) is 9.59 Å². The van der Waals surface area contributed by atoms with Gasteiger partial charge in [0.1, 0.15) is 6.04 Å². The van der Waals surface area contributed by atoms with Crippen LogP contribution in [0.2, 0.25) is 0 Å². The van der Waals surface area contributed by atoms with E-state index in [-0.39, 0.29) is 17.9 Å². The minimum absolute atomic E-state index is 0.165. The van der Waals surface area contributed by atoms with E-state index in [1.807, 2.05) is 32.9 Å². The van der Waals surface area contributed by atoms with Gasteiger partial charge in [0.05, 0.1) is 0 Å². The van der Waals surface area contributed by atoms with Gasteiger partial charge in [-0.05, 0) is 38.3 Å². The number of amides is 2. The van der Waals surface area contributed by atoms with Crippen molar-refractivity contribution in [3.05, 3.63) is 48.7 Å². The molecule has 1 atom stereocenters. The van der Waals surface area contributed by atoms with Gasteiger partial charge in [0.2, 0.25) is 11.8 Å². The first kappa shape index (κ1) is 20.9. The number of hydrogen-bond acceptors (Lipinski definition) is 3. The summed E-state index contributed by atoms with van der Waals surface area (Å²) in [5, 5.41) is 2.39. The zero-order chi connectivity index (χ0) is 17.8. The molecule has 1 unspecified atom stereocenters. The molecule has 0 aromatic carbocycles. The average Bonchev–Trinajstić information content (AvgIpc) is 2.91. The molecule has 1 saturated heterocycles. The van der Waals surface area contributed by atoms with Crippen molar-refractivity contribution in [1.29, 1.82) is 0 Å². The number of hydrogen-bond donors (Lipinski definition) is 1. The van der Waals surface area contributed by atoms with Crippen LogP contribution in [0.4, 0.5) is 0 Å². The maximum Gasteiger partial charge on any atom is 0.249 e. The van der Waals surface area contributed by atoms with Crippen LogP contribution in [0.1, 0.15) is 47.0 Å². The van der Waals surface area contributed by atoms with Crippen LogP contribution >= 0.6 is 0 Å². The van der Waals surface area contributed by atoms with E-state index in [2.05, 4.69) is 30.3 Å². The molecule has 23 heavy (non-hydrogen) atoms. The van der Waals surface area contributed by atoms with Crippen molar-refractivity contribution >= 4 is 11.8 Å². The summed E-state index contributed by atoms with van der Waals surface area (Å²) in [6.07, 6.45) is 9.38. The second-order valence-corrected chi connectivity index (χ2v) is 5.04. The van der Waals surface area contributed by atoms with Crippen molar-refractivity contribution in [2.45, 2.75) is 53.0 Å². The molecular weight excluding hydrogens is 288 g/mol. The van der Waals surface area contributed by atoms with E-state index in [1.165, 1.54) is 5.57 Å². The highest BCUT2D eigenvalue weighted by atomic mass is 16.2. The highest BCUT2D eigenvalue weighted by Gasteiger charge is 2.34. The predicted octanol–water partition coefficient (Wildman–Crippen LogP) is 3.73. The molecule has 4 nitrogen and oxygen atoms in total. The summed E-state index contributed by atoms with van der Waals surface area (Å²) in [6, 6.07) is -0.205. The molecule has 128 valence electrons. The lowest BCUT2D eigenvalue weighted by Gasteiger charge is -2.32. The Bertz CT molecular complexity index is 490. The van der Waals surface area contributed by atoms with E-state index in [1.54, 1.807) is 12.2 Å². The summed E-state index contributed by atoms with van der Waals surface area (Å²) in [7, 11) is 0. The molecule has 2 amide bonds. The SMILES string of the molecule is C=C/C=C\C.C=CC1=C(C)CCN1C1CCC(=O)NC1=O.CC. The van der Waals surface area contributed by atoms with Crippen LogP contribution in [0, 0.1) is 0 Å². The number of nitrogens with zero attached hydrogens (tertiary/aromatic N) is 1. The highest BCUT2D eigenvalue weighted by Crippen LogP contribution is 2.28. The third-order valence-corrected chi connectivity index (χ3v) is 3.58. The molecule has 0 aliphatic carbocycles. The van der Waals surface area contributed by atoms with Crippen molar-refractivity contribution in [3.63, 3.8) is 0 Å². The van der Waals surface area contributed by atoms with Gasteiger partial charge in [-0.25, -0.2) is 0 Å². The Kier molecular flexibility index (Phi) is 10.4. The fourth-order valence-corrected chi connectivity index (χ4v) is 2.51. The van der Waals surface area contributed by atoms with Gasteiger partial charge >= 0.3 is 0 Å². The maximum absolute atomic E-state index is 11.7. The third kappa shape index (κ3) is 6.27. The Morgan fingerprint density at radius 3 is 2.30 bits per heavy atom. The molecular formula is C19H30N2O2. The van der Waals surface area contributed by atoms with E-state index in [0.717, 1.165) is 18.7 Å². The van der Waals surface area contributed by atoms with Gasteiger partial charge in [-0.15, -0.1) is 0 Å². The normalized spacial score (nSPS) is 20.3. The van der Waals surface area contributed by atoms with E-state index < -0.39 is 0 Å². The molecule has 2 heterocycles. The third-order valence-electron chi connectivity index (χ3n) is 3.58. The van der Waals surface area contributed by atoms with Crippen LogP contribution in [0.15, 0.2) is 48.7 Å². The minimum atomic E-state index is -0.205. The number of imide groups is 1. The van der Waals surface area contributed by atoms with E-state index in [4.69, 9.17) is 0 Å². The number of carbonyl (C=O) groups excluding carboxylic acids is 2. The molecule has 2 aliphatic heterocycles. The molecule has 1 fully saturated rings. The summed E-state index contributed by atoms with van der Waals surface area (Å²) in [5.74, 6) is -0.341. The predicted molar refractivity (Wildman–Crippen MR) is 96.8 cm³/mol. The summed E-state index contributed by atoms with van der Waals surface area (Å²) >= 11 is 0. The molecule has 0 aromatic heterocycles. The Morgan fingerprint density at radius 1 is 1.22 bits per heavy atom. The van der Waals surface area contributed by atoms with Gasteiger partial charge in [0.25, 0.3) is 0 Å². The molecule has 0 bridgehead atoms. The molecule has 0 spiro atoms. The summed E-state index contributed by atoms with van der Waals surface area (Å²) < 4.78 is 0. The maximum atomic E-state index is 11.7. The van der Waals surface area contributed by atoms with Crippen molar-refractivity contribution < 1.29 is 9.59 Å². The number of piperidine rings is 1. The Balaban J connectivity index is 0.000000594. The van der Waals surface area contributed by atoms with Crippen LogP contribution in [-0.4, -0.2) is 29.3 Å². The minimum Gasteiger partial charge on any atom is -0.359 e. The van der Waals surface area contributed by atoms with E-state index in [0.29, 0.717) is 12.8 Å². The fraction of sp³-hybridized carbons (Fsp3) is 0.474. The van der Waals surface area contributed by atoms with Crippen molar-refractivity contribution in [3.8, 4) is 0 Å². The largest absolute Gasteiger partial charge is 0.359 e. The lowest BCUT2D eigenvalue weighted by atomic mass is 10.0. The summed E-state index contributed by atoms with van der Waals surface area (Å²) in [5.41, 5.74) is 2.31. The van der Waals surface area contributed by atoms with Gasteiger partial charge in [0.15, 0.2) is 0 Å². The number of carbonyl (C=O) groups is 2. The van der Waals surface area contributed by atoms with Gasteiger partial charge in [0, 0.05) is 18.7 Å². The van der Waals surface area contributed by atoms with Crippen LogP contribution in [0.5, 0.6) is 0 Å². The van der Waals surface area contributed by atoms with Gasteiger partial charge in [-0.3, -0.25) is 14.9 Å². The first-order valence-electron chi connectivity index (χ1n) is 8.21. The lowest BCUT2D eigenvalue weighted by molar-refractivity contribution is -0.136. The molecule has 4 heteroatoms. The molecule has 0 saturated carbocycles. The van der Waals surface area contributed by atoms with E-state index in [9.17, 15) is 9.59 Å². The standard InChI is InChI=1S/C12H16N2O2.C5H8.C2H6/c1-3-9-8(2)6-7-14(9)10-4-5-11(15)13-12(10)16;1-3-5-4-2;1-2/h3,10H,1,4-7H2,2H3,(H,13,15,16);3-5H,1H2,2H3;1-2H3/b;5-4-;. The molecule has 0 radical (unpaired) electrons. The molecule has 1 N–H and O–H groups in total. The zero-order valence-corrected chi connectivity index (χ0v) is 14.9. The number of allylic oxidation sites excluding steroid dienone is 4. The quantitative estimate of drug-likeness (QED) is 0.637. The Hall–Kier alpha value is -2.10. The molecule has 0 aromatic rings. The van der Waals surface area contributed by atoms with Gasteiger partial charge in [-0.2, -0.15) is 0 Å². The monoisotopic (exact) mass is 318 g/mol. The van der Waals surface area contributed by atoms with Crippen LogP contribution in [0.25, 0.3) is 0 Å². The van der Waals surface area contributed by atoms with Crippen LogP contribution < -0.4 is 5.32 Å². The Morgan fingerprint density at radius 2 is 1.87 bits per heavy atom. The number of rotatable bonds is 3. The van der Waals surface area contributed by atoms with Crippen molar-refractivity contribution in [1.82, 2.24) is 10.2 Å². The van der Waals surface area contributed by atoms with Crippen molar-refractivity contribution in [2.24, 2.45) is 0 Å². The second kappa shape index (κ2) is 11.5. The topological polar surface area (TPSA) is 49.4 Å². The second-order valence-electron chi connectivity index (χ2n) is 5.04. The number of nitrogens with one attached hydrogen (secondary N) is 1. The first-order valence-corrected chi connectivity index (χ1v) is 8.21. The van der Waals surface area contributed by atoms with Gasteiger partial charge < -0.3 is 4.90 Å². The smallest absolute Gasteiger partial charge is 0.249 e. The summed E-state index contributed by atoms with van der Waals surface area (Å²) in [6.45, 7) is 16.1. The average molecular weight is 318 g/mol.